The Hall–Kier alpha value is -0.650. The summed E-state index contributed by atoms with van der Waals surface area (Å²) in [6, 6.07) is 0. The minimum absolute atomic E-state index is 0.0558. The number of carbonyl (C=O) groups is 1. The van der Waals surface area contributed by atoms with Crippen molar-refractivity contribution >= 4 is 5.91 Å². The van der Waals surface area contributed by atoms with Crippen LogP contribution < -0.4 is 5.32 Å². The van der Waals surface area contributed by atoms with Crippen LogP contribution >= 0.6 is 0 Å². The molecule has 2 aliphatic heterocycles. The number of β-amino-alcohol motifs (C(OH)–C–C–N with tert-alkyl or cyclic N) is 1. The molecule has 5 nitrogen and oxygen atoms in total. The first-order valence-electron chi connectivity index (χ1n) is 9.63. The van der Waals surface area contributed by atoms with E-state index in [0.29, 0.717) is 19.0 Å². The van der Waals surface area contributed by atoms with Crippen molar-refractivity contribution in [1.82, 2.24) is 10.2 Å². The molecular weight excluding hydrogens is 304 g/mol. The maximum atomic E-state index is 12.5. The molecule has 0 aromatic carbocycles. The van der Waals surface area contributed by atoms with Crippen LogP contribution in [0.5, 0.6) is 0 Å². The molecule has 2 rings (SSSR count). The third kappa shape index (κ3) is 6.34. The molecule has 2 saturated heterocycles. The Labute approximate surface area is 147 Å². The third-order valence-corrected chi connectivity index (χ3v) is 5.60. The highest BCUT2D eigenvalue weighted by atomic mass is 16.5. The number of amides is 1. The topological polar surface area (TPSA) is 61.8 Å². The van der Waals surface area contributed by atoms with Crippen LogP contribution in [-0.2, 0) is 9.53 Å². The molecule has 5 heteroatoms. The molecule has 0 bridgehead atoms. The summed E-state index contributed by atoms with van der Waals surface area (Å²) in [5, 5.41) is 13.2. The predicted octanol–water partition coefficient (Wildman–Crippen LogP) is 2.04. The normalized spacial score (nSPS) is 23.2. The molecule has 2 heterocycles. The Morgan fingerprint density at radius 3 is 2.50 bits per heavy atom. The zero-order valence-corrected chi connectivity index (χ0v) is 15.7. The lowest BCUT2D eigenvalue weighted by molar-refractivity contribution is -0.131. The number of carbonyl (C=O) groups excluding carboxylic acids is 1. The molecule has 0 aliphatic carbocycles. The van der Waals surface area contributed by atoms with Gasteiger partial charge in [0.05, 0.1) is 6.10 Å². The third-order valence-electron chi connectivity index (χ3n) is 5.60. The van der Waals surface area contributed by atoms with Gasteiger partial charge in [0.25, 0.3) is 0 Å². The summed E-state index contributed by atoms with van der Waals surface area (Å²) < 4.78 is 5.39. The van der Waals surface area contributed by atoms with Gasteiger partial charge < -0.3 is 20.1 Å². The SMILES string of the molecule is CC1CCN(CC(O)CNC(=O)C(C)(C)CC2CCOCC2)CC1. The maximum Gasteiger partial charge on any atom is 0.225 e. The number of ether oxygens (including phenoxy) is 1. The number of nitrogens with one attached hydrogen (secondary N) is 1. The van der Waals surface area contributed by atoms with E-state index in [1.165, 1.54) is 12.8 Å². The van der Waals surface area contributed by atoms with Gasteiger partial charge in [0, 0.05) is 31.7 Å². The average molecular weight is 341 g/mol. The van der Waals surface area contributed by atoms with E-state index < -0.39 is 6.10 Å². The lowest BCUT2D eigenvalue weighted by Crippen LogP contribution is -2.46. The Kier molecular flexibility index (Phi) is 7.51. The minimum Gasteiger partial charge on any atom is -0.390 e. The highest BCUT2D eigenvalue weighted by Crippen LogP contribution is 2.31. The fourth-order valence-corrected chi connectivity index (χ4v) is 3.82. The van der Waals surface area contributed by atoms with Gasteiger partial charge in [-0.2, -0.15) is 0 Å². The smallest absolute Gasteiger partial charge is 0.225 e. The minimum atomic E-state index is -0.485. The van der Waals surface area contributed by atoms with E-state index in [-0.39, 0.29) is 11.3 Å². The van der Waals surface area contributed by atoms with Crippen molar-refractivity contribution < 1.29 is 14.6 Å². The molecule has 0 radical (unpaired) electrons. The Morgan fingerprint density at radius 1 is 1.25 bits per heavy atom. The van der Waals surface area contributed by atoms with Crippen molar-refractivity contribution in [3.8, 4) is 0 Å². The second-order valence-corrected chi connectivity index (χ2v) is 8.49. The number of nitrogens with zero attached hydrogens (tertiary/aromatic N) is 1. The van der Waals surface area contributed by atoms with Crippen LogP contribution in [0.1, 0.15) is 52.9 Å². The number of piperidine rings is 1. The van der Waals surface area contributed by atoms with E-state index in [4.69, 9.17) is 4.74 Å². The Bertz CT molecular complexity index is 386. The number of rotatable bonds is 7. The summed E-state index contributed by atoms with van der Waals surface area (Å²) in [5.74, 6) is 1.42. The first-order valence-corrected chi connectivity index (χ1v) is 9.63. The van der Waals surface area contributed by atoms with Crippen LogP contribution in [0, 0.1) is 17.3 Å². The summed E-state index contributed by atoms with van der Waals surface area (Å²) in [7, 11) is 0. The molecule has 24 heavy (non-hydrogen) atoms. The van der Waals surface area contributed by atoms with Crippen LogP contribution in [0.2, 0.25) is 0 Å². The number of hydrogen-bond donors (Lipinski definition) is 2. The molecule has 2 fully saturated rings. The van der Waals surface area contributed by atoms with Crippen LogP contribution in [0.3, 0.4) is 0 Å². The van der Waals surface area contributed by atoms with Crippen LogP contribution in [0.4, 0.5) is 0 Å². The fraction of sp³-hybridized carbons (Fsp3) is 0.947. The number of aliphatic hydroxyl groups excluding tert-OH is 1. The summed E-state index contributed by atoms with van der Waals surface area (Å²) >= 11 is 0. The van der Waals surface area contributed by atoms with Gasteiger partial charge in [0.15, 0.2) is 0 Å². The predicted molar refractivity (Wildman–Crippen MR) is 95.8 cm³/mol. The van der Waals surface area contributed by atoms with Crippen molar-refractivity contribution in [2.45, 2.75) is 59.0 Å². The van der Waals surface area contributed by atoms with Gasteiger partial charge in [0.2, 0.25) is 5.91 Å². The Morgan fingerprint density at radius 2 is 1.88 bits per heavy atom. The monoisotopic (exact) mass is 340 g/mol. The van der Waals surface area contributed by atoms with Crippen molar-refractivity contribution in [2.75, 3.05) is 39.4 Å². The van der Waals surface area contributed by atoms with Gasteiger partial charge >= 0.3 is 0 Å². The average Bonchev–Trinajstić information content (AvgIpc) is 2.55. The van der Waals surface area contributed by atoms with Crippen molar-refractivity contribution in [3.63, 3.8) is 0 Å². The van der Waals surface area contributed by atoms with Gasteiger partial charge in [-0.05, 0) is 57.0 Å². The molecule has 2 aliphatic rings. The largest absolute Gasteiger partial charge is 0.390 e. The molecule has 1 amide bonds. The van der Waals surface area contributed by atoms with Crippen LogP contribution in [0.15, 0.2) is 0 Å². The van der Waals surface area contributed by atoms with E-state index in [1.807, 2.05) is 13.8 Å². The van der Waals surface area contributed by atoms with Crippen LogP contribution in [0.25, 0.3) is 0 Å². The van der Waals surface area contributed by atoms with E-state index in [2.05, 4.69) is 17.1 Å². The first kappa shape index (κ1) is 19.7. The van der Waals surface area contributed by atoms with Crippen molar-refractivity contribution in [3.05, 3.63) is 0 Å². The highest BCUT2D eigenvalue weighted by molar-refractivity contribution is 5.81. The van der Waals surface area contributed by atoms with Gasteiger partial charge in [-0.3, -0.25) is 4.79 Å². The van der Waals surface area contributed by atoms with E-state index in [9.17, 15) is 9.90 Å². The standard InChI is InChI=1S/C19H36N2O3/c1-15-4-8-21(9-5-15)14-17(22)13-20-18(23)19(2,3)12-16-6-10-24-11-7-16/h15-17,22H,4-14H2,1-3H3,(H,20,23). The summed E-state index contributed by atoms with van der Waals surface area (Å²) in [4.78, 5) is 14.8. The second-order valence-electron chi connectivity index (χ2n) is 8.49. The molecule has 0 spiro atoms. The van der Waals surface area contributed by atoms with Crippen LogP contribution in [-0.4, -0.2) is 61.4 Å². The summed E-state index contributed by atoms with van der Waals surface area (Å²) in [5.41, 5.74) is -0.387. The zero-order chi connectivity index (χ0) is 17.6. The molecule has 2 N–H and O–H groups in total. The maximum absolute atomic E-state index is 12.5. The molecule has 140 valence electrons. The molecule has 0 aromatic heterocycles. The molecule has 0 saturated carbocycles. The quantitative estimate of drug-likeness (QED) is 0.744. The van der Waals surface area contributed by atoms with Gasteiger partial charge in [-0.25, -0.2) is 0 Å². The highest BCUT2D eigenvalue weighted by Gasteiger charge is 2.32. The second kappa shape index (κ2) is 9.16. The number of likely N-dealkylation sites (tertiary alicyclic amines) is 1. The Balaban J connectivity index is 1.68. The number of aliphatic hydroxyl groups is 1. The summed E-state index contributed by atoms with van der Waals surface area (Å²) in [6.07, 6.45) is 4.91. The molecule has 0 aromatic rings. The molecular formula is C19H36N2O3. The fourth-order valence-electron chi connectivity index (χ4n) is 3.82. The van der Waals surface area contributed by atoms with Gasteiger partial charge in [0.1, 0.15) is 0 Å². The lowest BCUT2D eigenvalue weighted by atomic mass is 9.79. The van der Waals surface area contributed by atoms with Crippen molar-refractivity contribution in [2.24, 2.45) is 17.3 Å². The van der Waals surface area contributed by atoms with Gasteiger partial charge in [-0.1, -0.05) is 20.8 Å². The lowest BCUT2D eigenvalue weighted by Gasteiger charge is -2.33. The summed E-state index contributed by atoms with van der Waals surface area (Å²) in [6.45, 7) is 11.1. The van der Waals surface area contributed by atoms with Gasteiger partial charge in [-0.15, -0.1) is 0 Å². The van der Waals surface area contributed by atoms with Crippen molar-refractivity contribution in [1.29, 1.82) is 0 Å². The van der Waals surface area contributed by atoms with E-state index >= 15 is 0 Å². The van der Waals surface area contributed by atoms with E-state index in [0.717, 1.165) is 51.5 Å². The first-order chi connectivity index (χ1) is 11.4. The number of hydrogen-bond acceptors (Lipinski definition) is 4. The molecule has 1 atom stereocenters. The van der Waals surface area contributed by atoms with E-state index in [1.54, 1.807) is 0 Å². The zero-order valence-electron chi connectivity index (χ0n) is 15.7. The molecule has 1 unspecified atom stereocenters.